The summed E-state index contributed by atoms with van der Waals surface area (Å²) in [5.74, 6) is -0.0619. The highest BCUT2D eigenvalue weighted by Crippen LogP contribution is 2.14. The van der Waals surface area contributed by atoms with Crippen LogP contribution in [0.2, 0.25) is 0 Å². The molecule has 7 heteroatoms. The van der Waals surface area contributed by atoms with Crippen LogP contribution < -0.4 is 10.6 Å². The van der Waals surface area contributed by atoms with Crippen molar-refractivity contribution in [3.8, 4) is 5.75 Å². The van der Waals surface area contributed by atoms with Crippen molar-refractivity contribution in [2.24, 2.45) is 5.16 Å². The van der Waals surface area contributed by atoms with E-state index in [2.05, 4.69) is 10.1 Å². The zero-order chi connectivity index (χ0) is 13.0. The van der Waals surface area contributed by atoms with Crippen LogP contribution in [0.25, 0.3) is 0 Å². The Hall–Kier alpha value is -2.28. The highest BCUT2D eigenvalue weighted by atomic mass is 32.1. The van der Waals surface area contributed by atoms with Crippen LogP contribution in [0.1, 0.15) is 5.69 Å². The average molecular weight is 265 g/mol. The first-order valence-corrected chi connectivity index (χ1v) is 5.74. The number of carbonyl (C=O) groups is 1. The molecule has 18 heavy (non-hydrogen) atoms. The predicted molar refractivity (Wildman–Crippen MR) is 66.2 cm³/mol. The Bertz CT molecular complexity index is 580. The van der Waals surface area contributed by atoms with Crippen LogP contribution in [-0.2, 0) is 4.79 Å². The van der Waals surface area contributed by atoms with Gasteiger partial charge in [-0.2, -0.15) is 0 Å². The van der Waals surface area contributed by atoms with Gasteiger partial charge < -0.3 is 10.6 Å². The number of aldehydes is 1. The molecule has 2 rings (SSSR count). The van der Waals surface area contributed by atoms with E-state index >= 15 is 0 Å². The van der Waals surface area contributed by atoms with Gasteiger partial charge in [0, 0.05) is 5.38 Å². The molecule has 0 atom stereocenters. The van der Waals surface area contributed by atoms with Gasteiger partial charge in [-0.25, -0.2) is 9.37 Å². The molecule has 0 aliphatic heterocycles. The lowest BCUT2D eigenvalue weighted by molar-refractivity contribution is -0.102. The van der Waals surface area contributed by atoms with Crippen LogP contribution in [0, 0.1) is 5.82 Å². The minimum Gasteiger partial charge on any atom is -0.375 e. The van der Waals surface area contributed by atoms with Gasteiger partial charge in [-0.1, -0.05) is 5.16 Å². The SMILES string of the molecule is Nc1nc(/C(C=O)=N\Oc2ccc(F)cc2)cs1. The van der Waals surface area contributed by atoms with E-state index in [1.165, 1.54) is 35.6 Å². The summed E-state index contributed by atoms with van der Waals surface area (Å²) in [6.45, 7) is 0. The predicted octanol–water partition coefficient (Wildman–Crippen LogP) is 1.85. The van der Waals surface area contributed by atoms with Crippen LogP contribution in [0.4, 0.5) is 9.52 Å². The molecular formula is C11H8FN3O2S. The first-order chi connectivity index (χ1) is 8.69. The molecule has 0 radical (unpaired) electrons. The van der Waals surface area contributed by atoms with E-state index in [9.17, 15) is 9.18 Å². The summed E-state index contributed by atoms with van der Waals surface area (Å²) < 4.78 is 12.6. The van der Waals surface area contributed by atoms with Crippen LogP contribution in [0.5, 0.6) is 5.75 Å². The van der Waals surface area contributed by atoms with Crippen molar-refractivity contribution in [3.63, 3.8) is 0 Å². The number of oxime groups is 1. The summed E-state index contributed by atoms with van der Waals surface area (Å²) in [5.41, 5.74) is 5.81. The largest absolute Gasteiger partial charge is 0.375 e. The summed E-state index contributed by atoms with van der Waals surface area (Å²) in [6, 6.07) is 5.26. The van der Waals surface area contributed by atoms with Gasteiger partial charge in [-0.15, -0.1) is 11.3 Å². The fraction of sp³-hybridized carbons (Fsp3) is 0. The zero-order valence-electron chi connectivity index (χ0n) is 9.04. The third kappa shape index (κ3) is 2.89. The molecule has 1 aromatic carbocycles. The number of hydrogen-bond donors (Lipinski definition) is 1. The van der Waals surface area contributed by atoms with Crippen LogP contribution >= 0.6 is 11.3 Å². The van der Waals surface area contributed by atoms with Gasteiger partial charge in [0.15, 0.2) is 22.9 Å². The molecular weight excluding hydrogens is 257 g/mol. The number of hydrogen-bond acceptors (Lipinski definition) is 6. The van der Waals surface area contributed by atoms with Crippen molar-refractivity contribution in [1.82, 2.24) is 4.98 Å². The second-order valence-electron chi connectivity index (χ2n) is 3.21. The molecule has 0 fully saturated rings. The number of nitrogens with zero attached hydrogens (tertiary/aromatic N) is 2. The number of thiazole rings is 1. The monoisotopic (exact) mass is 265 g/mol. The quantitative estimate of drug-likeness (QED) is 0.520. The lowest BCUT2D eigenvalue weighted by Crippen LogP contribution is -2.05. The lowest BCUT2D eigenvalue weighted by Gasteiger charge is -1.98. The van der Waals surface area contributed by atoms with E-state index in [0.29, 0.717) is 22.9 Å². The minimum absolute atomic E-state index is 0.0206. The van der Waals surface area contributed by atoms with E-state index in [0.717, 1.165) is 0 Å². The Morgan fingerprint density at radius 3 is 2.72 bits per heavy atom. The van der Waals surface area contributed by atoms with Crippen molar-refractivity contribution in [2.75, 3.05) is 5.73 Å². The van der Waals surface area contributed by atoms with E-state index in [1.807, 2.05) is 0 Å². The van der Waals surface area contributed by atoms with E-state index in [1.54, 1.807) is 5.38 Å². The first-order valence-electron chi connectivity index (χ1n) is 4.86. The van der Waals surface area contributed by atoms with E-state index in [-0.39, 0.29) is 11.5 Å². The number of rotatable bonds is 4. The second-order valence-corrected chi connectivity index (χ2v) is 4.10. The topological polar surface area (TPSA) is 77.6 Å². The van der Waals surface area contributed by atoms with Gasteiger partial charge in [0.05, 0.1) is 0 Å². The molecule has 5 nitrogen and oxygen atoms in total. The minimum atomic E-state index is -0.380. The summed E-state index contributed by atoms with van der Waals surface area (Å²) >= 11 is 1.19. The maximum absolute atomic E-state index is 12.6. The molecule has 0 spiro atoms. The number of carbonyl (C=O) groups excluding carboxylic acids is 1. The van der Waals surface area contributed by atoms with Crippen molar-refractivity contribution >= 4 is 28.5 Å². The number of aromatic nitrogens is 1. The molecule has 0 unspecified atom stereocenters. The maximum atomic E-state index is 12.6. The first kappa shape index (κ1) is 12.2. The molecule has 0 saturated carbocycles. The Balaban J connectivity index is 2.15. The number of nitrogen functional groups attached to an aromatic ring is 1. The van der Waals surface area contributed by atoms with E-state index in [4.69, 9.17) is 10.6 Å². The second kappa shape index (κ2) is 5.37. The zero-order valence-corrected chi connectivity index (χ0v) is 9.86. The fourth-order valence-corrected chi connectivity index (χ4v) is 1.69. The van der Waals surface area contributed by atoms with Gasteiger partial charge in [0.2, 0.25) is 0 Å². The third-order valence-corrected chi connectivity index (χ3v) is 2.63. The molecule has 0 aliphatic carbocycles. The number of halogens is 1. The van der Waals surface area contributed by atoms with Crippen molar-refractivity contribution in [1.29, 1.82) is 0 Å². The van der Waals surface area contributed by atoms with Crippen molar-refractivity contribution < 1.29 is 14.0 Å². The molecule has 2 N–H and O–H groups in total. The standard InChI is InChI=1S/C11H8FN3O2S/c12-7-1-3-8(4-2-7)17-15-9(5-16)10-6-18-11(13)14-10/h1-6H,(H2,13,14)/b15-9-. The fourth-order valence-electron chi connectivity index (χ4n) is 1.13. The summed E-state index contributed by atoms with van der Waals surface area (Å²) in [4.78, 5) is 19.7. The molecule has 1 heterocycles. The number of anilines is 1. The summed E-state index contributed by atoms with van der Waals surface area (Å²) in [6.07, 6.45) is 0.512. The Morgan fingerprint density at radius 1 is 1.44 bits per heavy atom. The van der Waals surface area contributed by atoms with Crippen LogP contribution in [-0.4, -0.2) is 17.0 Å². The van der Waals surface area contributed by atoms with Crippen LogP contribution in [0.3, 0.4) is 0 Å². The molecule has 0 saturated heterocycles. The van der Waals surface area contributed by atoms with Crippen molar-refractivity contribution in [3.05, 3.63) is 41.2 Å². The summed E-state index contributed by atoms with van der Waals surface area (Å²) in [7, 11) is 0. The number of benzene rings is 1. The summed E-state index contributed by atoms with van der Waals surface area (Å²) in [5, 5.41) is 5.57. The number of nitrogens with two attached hydrogens (primary N) is 1. The normalized spacial score (nSPS) is 11.3. The Kier molecular flexibility index (Phi) is 3.63. The van der Waals surface area contributed by atoms with Gasteiger partial charge >= 0.3 is 0 Å². The molecule has 0 amide bonds. The maximum Gasteiger partial charge on any atom is 0.180 e. The van der Waals surface area contributed by atoms with Gasteiger partial charge in [-0.05, 0) is 24.3 Å². The average Bonchev–Trinajstić information content (AvgIpc) is 2.79. The molecule has 2 aromatic rings. The highest BCUT2D eigenvalue weighted by molar-refractivity contribution is 7.13. The van der Waals surface area contributed by atoms with Gasteiger partial charge in [-0.3, -0.25) is 4.79 Å². The lowest BCUT2D eigenvalue weighted by atomic mass is 10.3. The van der Waals surface area contributed by atoms with Crippen LogP contribution in [0.15, 0.2) is 34.8 Å². The molecule has 0 bridgehead atoms. The van der Waals surface area contributed by atoms with Gasteiger partial charge in [0.25, 0.3) is 0 Å². The van der Waals surface area contributed by atoms with Crippen molar-refractivity contribution in [2.45, 2.75) is 0 Å². The van der Waals surface area contributed by atoms with E-state index < -0.39 is 0 Å². The molecule has 1 aromatic heterocycles. The molecule has 0 aliphatic rings. The Labute approximate surface area is 106 Å². The Morgan fingerprint density at radius 2 is 2.17 bits per heavy atom. The smallest absolute Gasteiger partial charge is 0.180 e. The molecule has 92 valence electrons. The third-order valence-electron chi connectivity index (χ3n) is 1.96. The van der Waals surface area contributed by atoms with Gasteiger partial charge in [0.1, 0.15) is 11.5 Å². The highest BCUT2D eigenvalue weighted by Gasteiger charge is 2.07.